The molecule has 0 fully saturated rings. The Morgan fingerprint density at radius 3 is 0.400 bits per heavy atom. The molecule has 0 aromatic rings. The summed E-state index contributed by atoms with van der Waals surface area (Å²) in [7, 11) is 0. The van der Waals surface area contributed by atoms with Crippen LogP contribution in [0.2, 0.25) is 0 Å². The van der Waals surface area contributed by atoms with Crippen molar-refractivity contribution in [3.63, 3.8) is 0 Å². The van der Waals surface area contributed by atoms with Crippen LogP contribution < -0.4 is 0 Å². The van der Waals surface area contributed by atoms with E-state index in [2.05, 4.69) is 0 Å². The van der Waals surface area contributed by atoms with Gasteiger partial charge in [0.2, 0.25) is 0 Å². The van der Waals surface area contributed by atoms with Crippen LogP contribution >= 0.6 is 0 Å². The van der Waals surface area contributed by atoms with Gasteiger partial charge in [0, 0.05) is 20.4 Å². The third-order valence-corrected chi connectivity index (χ3v) is 0. The van der Waals surface area contributed by atoms with E-state index in [1.54, 1.807) is 0 Å². The van der Waals surface area contributed by atoms with Crippen LogP contribution in [0.3, 0.4) is 0 Å². The average Bonchev–Trinajstić information content (AvgIpc) is 1.76. The van der Waals surface area contributed by atoms with Crippen molar-refractivity contribution in [2.24, 2.45) is 0 Å². The quantitative estimate of drug-likeness (QED) is 0.237. The molecule has 0 bridgehead atoms. The predicted octanol–water partition coefficient (Wildman–Crippen LogP) is -3.43. The summed E-state index contributed by atoms with van der Waals surface area (Å²) < 4.78 is 0. The Bertz CT molecular complexity index is 160. The first-order chi connectivity index (χ1) is 6.93. The Hall–Kier alpha value is -2.66. The number of nitrogens with zero attached hydrogens (tertiary/aromatic N) is 4. The minimum atomic E-state index is -1.75. The standard InChI is InChI=1S/4NO3.3H2O.Re/c4*2-1(3)4;;;;/h;;;;3*1H2;/q4*-1;;;;. The number of hydrogen-bond acceptors (Lipinski definition) is 12. The van der Waals surface area contributed by atoms with Gasteiger partial charge < -0.3 is 77.7 Å². The van der Waals surface area contributed by atoms with Gasteiger partial charge in [0.1, 0.15) is 0 Å². The Morgan fingerprint density at radius 1 is 0.400 bits per heavy atom. The summed E-state index contributed by atoms with van der Waals surface area (Å²) in [5.41, 5.74) is 0. The fraction of sp³-hybridized carbons (Fsp3) is 0. The Balaban J connectivity index is -0.0000000150. The van der Waals surface area contributed by atoms with E-state index in [0.717, 1.165) is 0 Å². The van der Waals surface area contributed by atoms with Crippen molar-refractivity contribution in [3.8, 4) is 0 Å². The van der Waals surface area contributed by atoms with Gasteiger partial charge in [-0.15, -0.1) is 0 Å². The second kappa shape index (κ2) is 44.1. The summed E-state index contributed by atoms with van der Waals surface area (Å²) in [5, 5.41) is 59.0. The van der Waals surface area contributed by atoms with Crippen LogP contribution in [0.4, 0.5) is 0 Å². The Kier molecular flexibility index (Phi) is 117. The van der Waals surface area contributed by atoms with Crippen molar-refractivity contribution in [1.82, 2.24) is 0 Å². The summed E-state index contributed by atoms with van der Waals surface area (Å²) in [4.78, 5) is 33.0. The Labute approximate surface area is 119 Å². The van der Waals surface area contributed by atoms with Gasteiger partial charge in [-0.2, -0.15) is 0 Å². The second-order valence-corrected chi connectivity index (χ2v) is 0.894. The third kappa shape index (κ3) is 447. The van der Waals surface area contributed by atoms with Crippen LogP contribution in [-0.2, 0) is 20.4 Å². The molecule has 0 aliphatic rings. The van der Waals surface area contributed by atoms with E-state index in [0.29, 0.717) is 0 Å². The largest absolute Gasteiger partial charge is 0.412 e. The van der Waals surface area contributed by atoms with Crippen molar-refractivity contribution < 1.29 is 57.2 Å². The van der Waals surface area contributed by atoms with Crippen LogP contribution in [-0.4, -0.2) is 36.8 Å². The number of hydrogen-bond donors (Lipinski definition) is 0. The van der Waals surface area contributed by atoms with Crippen molar-refractivity contribution in [2.45, 2.75) is 0 Å². The van der Waals surface area contributed by atoms with Crippen LogP contribution in [0, 0.1) is 61.3 Å². The average molecular weight is 488 g/mol. The summed E-state index contributed by atoms with van der Waals surface area (Å²) in [6, 6.07) is 0. The molecule has 0 aromatic carbocycles. The molecule has 0 atom stereocenters. The molecule has 0 unspecified atom stereocenters. The molecule has 0 aliphatic heterocycles. The van der Waals surface area contributed by atoms with E-state index in [4.69, 9.17) is 61.3 Å². The SMILES string of the molecule is O.O.O.O=[N+]([O-])[O-].O=[N+]([O-])[O-].O=[N+]([O-])[O-].O=[N+]([O-])[O-].[Re]. The van der Waals surface area contributed by atoms with Gasteiger partial charge in [-0.05, 0) is 0 Å². The molecule has 20 heavy (non-hydrogen) atoms. The second-order valence-electron chi connectivity index (χ2n) is 0.894. The van der Waals surface area contributed by atoms with Crippen LogP contribution in [0.5, 0.6) is 0 Å². The fourth-order valence-electron chi connectivity index (χ4n) is 0. The van der Waals surface area contributed by atoms with Gasteiger partial charge >= 0.3 is 0 Å². The molecule has 127 valence electrons. The maximum Gasteiger partial charge on any atom is 0.0689 e. The molecule has 1 radical (unpaired) electrons. The minimum Gasteiger partial charge on any atom is -0.412 e. The molecule has 6 N–H and O–H groups in total. The zero-order valence-electron chi connectivity index (χ0n) is 8.57. The van der Waals surface area contributed by atoms with E-state index in [1.807, 2.05) is 0 Å². The summed E-state index contributed by atoms with van der Waals surface area (Å²) in [6.07, 6.45) is 0. The Morgan fingerprint density at radius 2 is 0.400 bits per heavy atom. The topological polar surface area (TPSA) is 359 Å². The van der Waals surface area contributed by atoms with Crippen molar-refractivity contribution in [3.05, 3.63) is 61.3 Å². The van der Waals surface area contributed by atoms with Gasteiger partial charge in [-0.1, -0.05) is 0 Å². The summed E-state index contributed by atoms with van der Waals surface area (Å²) >= 11 is 0. The van der Waals surface area contributed by atoms with E-state index in [-0.39, 0.29) is 36.9 Å². The van der Waals surface area contributed by atoms with Crippen molar-refractivity contribution in [2.75, 3.05) is 0 Å². The summed E-state index contributed by atoms with van der Waals surface area (Å²) in [6.45, 7) is 0. The molecule has 19 nitrogen and oxygen atoms in total. The smallest absolute Gasteiger partial charge is 0.0689 e. The van der Waals surface area contributed by atoms with Crippen molar-refractivity contribution in [1.29, 1.82) is 0 Å². The normalized spacial score (nSPS) is 4.80. The van der Waals surface area contributed by atoms with Gasteiger partial charge in [0.25, 0.3) is 0 Å². The summed E-state index contributed by atoms with van der Waals surface area (Å²) in [5.74, 6) is 0. The molecular weight excluding hydrogens is 482 g/mol. The third-order valence-electron chi connectivity index (χ3n) is 0. The molecule has 0 saturated heterocycles. The zero-order valence-corrected chi connectivity index (χ0v) is 11.3. The molecule has 0 aromatic heterocycles. The molecule has 0 spiro atoms. The minimum absolute atomic E-state index is 0. The first-order valence-corrected chi connectivity index (χ1v) is 2.19. The van der Waals surface area contributed by atoms with Crippen molar-refractivity contribution >= 4 is 0 Å². The van der Waals surface area contributed by atoms with E-state index < -0.39 is 20.3 Å². The first-order valence-electron chi connectivity index (χ1n) is 2.19. The van der Waals surface area contributed by atoms with Gasteiger partial charge in [0.05, 0.1) is 20.3 Å². The molecule has 0 amide bonds. The van der Waals surface area contributed by atoms with Gasteiger partial charge in [-0.3, -0.25) is 0 Å². The zero-order chi connectivity index (χ0) is 14.3. The first kappa shape index (κ1) is 53.1. The molecule has 0 rings (SSSR count). The van der Waals surface area contributed by atoms with E-state index in [1.165, 1.54) is 0 Å². The van der Waals surface area contributed by atoms with Gasteiger partial charge in [0.15, 0.2) is 0 Å². The van der Waals surface area contributed by atoms with E-state index in [9.17, 15) is 0 Å². The molecule has 20 heteroatoms. The van der Waals surface area contributed by atoms with Crippen LogP contribution in [0.1, 0.15) is 0 Å². The predicted molar refractivity (Wildman–Crippen MR) is 52.3 cm³/mol. The fourth-order valence-corrected chi connectivity index (χ4v) is 0. The molecule has 0 heterocycles. The molecule has 0 saturated carbocycles. The number of rotatable bonds is 0. The molecular formula is H6N4O15Re-4. The monoisotopic (exact) mass is 489 g/mol. The maximum atomic E-state index is 8.25. The maximum absolute atomic E-state index is 8.25. The van der Waals surface area contributed by atoms with Gasteiger partial charge in [-0.25, -0.2) is 0 Å². The van der Waals surface area contributed by atoms with Crippen LogP contribution in [0.25, 0.3) is 0 Å². The van der Waals surface area contributed by atoms with E-state index >= 15 is 0 Å². The molecule has 0 aliphatic carbocycles. The van der Waals surface area contributed by atoms with Crippen LogP contribution in [0.15, 0.2) is 0 Å².